The molecule has 112 valence electrons. The molecule has 2 atom stereocenters. The SMILES string of the molecule is CC(C)OC(=O)C1(C(=O)OC(C)C)C(=O)C2CCC1C2. The van der Waals surface area contributed by atoms with Crippen molar-refractivity contribution in [1.82, 2.24) is 0 Å². The standard InChI is InChI=1S/C15H22O5/c1-8(2)19-13(17)15(14(18)20-9(3)4)11-6-5-10(7-11)12(15)16/h8-11H,5-7H2,1-4H3. The minimum absolute atomic E-state index is 0.195. The van der Waals surface area contributed by atoms with E-state index in [9.17, 15) is 14.4 Å². The molecule has 2 bridgehead atoms. The summed E-state index contributed by atoms with van der Waals surface area (Å²) in [6.45, 7) is 6.82. The van der Waals surface area contributed by atoms with Crippen LogP contribution in [0, 0.1) is 17.3 Å². The van der Waals surface area contributed by atoms with Crippen molar-refractivity contribution >= 4 is 17.7 Å². The average molecular weight is 282 g/mol. The molecular formula is C15H22O5. The van der Waals surface area contributed by atoms with Gasteiger partial charge in [0.25, 0.3) is 0 Å². The minimum Gasteiger partial charge on any atom is -0.462 e. The van der Waals surface area contributed by atoms with E-state index >= 15 is 0 Å². The molecule has 2 unspecified atom stereocenters. The molecular weight excluding hydrogens is 260 g/mol. The Hall–Kier alpha value is -1.39. The molecule has 2 fully saturated rings. The van der Waals surface area contributed by atoms with Gasteiger partial charge < -0.3 is 9.47 Å². The zero-order valence-electron chi connectivity index (χ0n) is 12.5. The molecule has 0 saturated heterocycles. The second kappa shape index (κ2) is 5.19. The molecule has 0 N–H and O–H groups in total. The van der Waals surface area contributed by atoms with Gasteiger partial charge in [0.2, 0.25) is 5.41 Å². The highest BCUT2D eigenvalue weighted by Crippen LogP contribution is 2.54. The van der Waals surface area contributed by atoms with Gasteiger partial charge in [-0.3, -0.25) is 14.4 Å². The number of Topliss-reactive ketones (excluding diaryl/α,β-unsaturated/α-hetero) is 1. The second-order valence-electron chi connectivity index (χ2n) is 6.29. The van der Waals surface area contributed by atoms with Crippen molar-refractivity contribution in [3.8, 4) is 0 Å². The van der Waals surface area contributed by atoms with Crippen LogP contribution < -0.4 is 0 Å². The van der Waals surface area contributed by atoms with E-state index in [1.54, 1.807) is 27.7 Å². The fraction of sp³-hybridized carbons (Fsp3) is 0.800. The predicted octanol–water partition coefficient (Wildman–Crippen LogP) is 1.87. The Morgan fingerprint density at radius 2 is 1.55 bits per heavy atom. The van der Waals surface area contributed by atoms with Crippen molar-refractivity contribution in [2.75, 3.05) is 0 Å². The average Bonchev–Trinajstić information content (AvgIpc) is 2.86. The van der Waals surface area contributed by atoms with Gasteiger partial charge >= 0.3 is 11.9 Å². The van der Waals surface area contributed by atoms with Crippen LogP contribution in [-0.4, -0.2) is 29.9 Å². The molecule has 0 heterocycles. The summed E-state index contributed by atoms with van der Waals surface area (Å²) in [5.41, 5.74) is -1.71. The summed E-state index contributed by atoms with van der Waals surface area (Å²) < 4.78 is 10.4. The molecule has 20 heavy (non-hydrogen) atoms. The fourth-order valence-electron chi connectivity index (χ4n) is 3.37. The first-order valence-corrected chi connectivity index (χ1v) is 7.26. The van der Waals surface area contributed by atoms with E-state index in [2.05, 4.69) is 0 Å². The van der Waals surface area contributed by atoms with Crippen molar-refractivity contribution in [3.63, 3.8) is 0 Å². The number of carbonyl (C=O) groups is 3. The third-order valence-corrected chi connectivity index (χ3v) is 4.13. The lowest BCUT2D eigenvalue weighted by Crippen LogP contribution is -2.53. The van der Waals surface area contributed by atoms with Crippen LogP contribution >= 0.6 is 0 Å². The minimum atomic E-state index is -1.71. The Morgan fingerprint density at radius 3 is 1.90 bits per heavy atom. The number of carbonyl (C=O) groups excluding carboxylic acids is 3. The first-order valence-electron chi connectivity index (χ1n) is 7.26. The molecule has 0 radical (unpaired) electrons. The highest BCUT2D eigenvalue weighted by Gasteiger charge is 2.69. The lowest BCUT2D eigenvalue weighted by molar-refractivity contribution is -0.182. The Balaban J connectivity index is 2.36. The monoisotopic (exact) mass is 282 g/mol. The van der Waals surface area contributed by atoms with E-state index in [4.69, 9.17) is 9.47 Å². The Bertz CT molecular complexity index is 416. The lowest BCUT2D eigenvalue weighted by Gasteiger charge is -2.32. The highest BCUT2D eigenvalue weighted by molar-refractivity contribution is 6.22. The van der Waals surface area contributed by atoms with Crippen LogP contribution in [0.3, 0.4) is 0 Å². The van der Waals surface area contributed by atoms with E-state index < -0.39 is 17.4 Å². The number of rotatable bonds is 4. The van der Waals surface area contributed by atoms with Crippen LogP contribution in [-0.2, 0) is 23.9 Å². The van der Waals surface area contributed by atoms with E-state index in [-0.39, 0.29) is 29.8 Å². The molecule has 2 aliphatic carbocycles. The van der Waals surface area contributed by atoms with Crippen LogP contribution in [0.1, 0.15) is 47.0 Å². The zero-order valence-corrected chi connectivity index (χ0v) is 12.5. The van der Waals surface area contributed by atoms with Crippen molar-refractivity contribution < 1.29 is 23.9 Å². The summed E-state index contributed by atoms with van der Waals surface area (Å²) in [4.78, 5) is 37.4. The van der Waals surface area contributed by atoms with Crippen molar-refractivity contribution in [2.45, 2.75) is 59.2 Å². The number of hydrogen-bond donors (Lipinski definition) is 0. The molecule has 0 amide bonds. The highest BCUT2D eigenvalue weighted by atomic mass is 16.6. The summed E-state index contributed by atoms with van der Waals surface area (Å²) in [6.07, 6.45) is 1.34. The van der Waals surface area contributed by atoms with E-state index in [0.29, 0.717) is 12.8 Å². The molecule has 0 aliphatic heterocycles. The molecule has 0 spiro atoms. The topological polar surface area (TPSA) is 69.7 Å². The van der Waals surface area contributed by atoms with Gasteiger partial charge in [0, 0.05) is 5.92 Å². The number of ether oxygens (including phenoxy) is 2. The van der Waals surface area contributed by atoms with Gasteiger partial charge in [-0.15, -0.1) is 0 Å². The van der Waals surface area contributed by atoms with Gasteiger partial charge in [-0.1, -0.05) is 0 Å². The molecule has 2 aliphatic rings. The number of fused-ring (bicyclic) bond motifs is 2. The molecule has 2 rings (SSSR count). The first kappa shape index (κ1) is 15.0. The quantitative estimate of drug-likeness (QED) is 0.581. The van der Waals surface area contributed by atoms with Crippen molar-refractivity contribution in [2.24, 2.45) is 17.3 Å². The van der Waals surface area contributed by atoms with E-state index in [0.717, 1.165) is 6.42 Å². The van der Waals surface area contributed by atoms with Gasteiger partial charge in [0.15, 0.2) is 5.78 Å². The summed E-state index contributed by atoms with van der Waals surface area (Å²) in [7, 11) is 0. The van der Waals surface area contributed by atoms with Gasteiger partial charge in [-0.25, -0.2) is 0 Å². The number of esters is 2. The normalized spacial score (nSPS) is 27.2. The maximum Gasteiger partial charge on any atom is 0.331 e. The van der Waals surface area contributed by atoms with Gasteiger partial charge in [-0.2, -0.15) is 0 Å². The zero-order chi connectivity index (χ0) is 15.1. The van der Waals surface area contributed by atoms with Gasteiger partial charge in [-0.05, 0) is 52.9 Å². The molecule has 2 saturated carbocycles. The Labute approximate surface area is 119 Å². The van der Waals surface area contributed by atoms with Gasteiger partial charge in [0.05, 0.1) is 12.2 Å². The Morgan fingerprint density at radius 1 is 1.05 bits per heavy atom. The van der Waals surface area contributed by atoms with Crippen LogP contribution in [0.2, 0.25) is 0 Å². The summed E-state index contributed by atoms with van der Waals surface area (Å²) in [5, 5.41) is 0. The molecule has 0 aromatic heterocycles. The Kier molecular flexibility index (Phi) is 3.89. The predicted molar refractivity (Wildman–Crippen MR) is 70.7 cm³/mol. The van der Waals surface area contributed by atoms with E-state index in [1.807, 2.05) is 0 Å². The third-order valence-electron chi connectivity index (χ3n) is 4.13. The molecule has 5 heteroatoms. The van der Waals surface area contributed by atoms with Crippen molar-refractivity contribution in [1.29, 1.82) is 0 Å². The number of hydrogen-bond acceptors (Lipinski definition) is 5. The van der Waals surface area contributed by atoms with Crippen LogP contribution in [0.4, 0.5) is 0 Å². The second-order valence-corrected chi connectivity index (χ2v) is 6.29. The third kappa shape index (κ3) is 2.13. The summed E-state index contributed by atoms with van der Waals surface area (Å²) in [5.74, 6) is -2.22. The maximum atomic E-state index is 12.5. The maximum absolute atomic E-state index is 12.5. The molecule has 0 aromatic rings. The van der Waals surface area contributed by atoms with Gasteiger partial charge in [0.1, 0.15) is 0 Å². The fourth-order valence-corrected chi connectivity index (χ4v) is 3.37. The van der Waals surface area contributed by atoms with Crippen LogP contribution in [0.5, 0.6) is 0 Å². The van der Waals surface area contributed by atoms with Crippen molar-refractivity contribution in [3.05, 3.63) is 0 Å². The first-order chi connectivity index (χ1) is 9.30. The largest absolute Gasteiger partial charge is 0.462 e. The lowest BCUT2D eigenvalue weighted by atomic mass is 9.72. The molecule has 5 nitrogen and oxygen atoms in total. The van der Waals surface area contributed by atoms with Crippen LogP contribution in [0.25, 0.3) is 0 Å². The van der Waals surface area contributed by atoms with Crippen LogP contribution in [0.15, 0.2) is 0 Å². The summed E-state index contributed by atoms with van der Waals surface area (Å²) >= 11 is 0. The number of ketones is 1. The smallest absolute Gasteiger partial charge is 0.331 e. The molecule has 0 aromatic carbocycles. The van der Waals surface area contributed by atoms with E-state index in [1.165, 1.54) is 0 Å². The summed E-state index contributed by atoms with van der Waals surface area (Å²) in [6, 6.07) is 0.